The Labute approximate surface area is 188 Å². The van der Waals surface area contributed by atoms with Crippen LogP contribution < -0.4 is 15.4 Å². The Morgan fingerprint density at radius 1 is 1.12 bits per heavy atom. The van der Waals surface area contributed by atoms with Gasteiger partial charge in [-0.05, 0) is 29.8 Å². The fourth-order valence-electron chi connectivity index (χ4n) is 2.83. The van der Waals surface area contributed by atoms with Crippen molar-refractivity contribution in [1.29, 1.82) is 0 Å². The molecule has 0 amide bonds. The number of carboxylic acids is 1. The Morgan fingerprint density at radius 2 is 1.78 bits per heavy atom. The second-order valence-corrected chi connectivity index (χ2v) is 5.90. The molecular weight excluding hydrogens is 415 g/mol. The first kappa shape index (κ1) is 26.4. The highest BCUT2D eigenvalue weighted by molar-refractivity contribution is 6.02. The van der Waals surface area contributed by atoms with E-state index in [9.17, 15) is 14.3 Å². The van der Waals surface area contributed by atoms with Crippen LogP contribution >= 0.6 is 0 Å². The Morgan fingerprint density at radius 3 is 2.34 bits per heavy atom. The number of ether oxygens (including phenoxy) is 2. The van der Waals surface area contributed by atoms with Crippen LogP contribution in [0.1, 0.15) is 38.8 Å². The minimum Gasteiger partial charge on any atom is -0.494 e. The van der Waals surface area contributed by atoms with Gasteiger partial charge in [0.15, 0.2) is 11.9 Å². The van der Waals surface area contributed by atoms with E-state index < -0.39 is 12.1 Å². The number of rotatable bonds is 7. The van der Waals surface area contributed by atoms with Crippen LogP contribution in [-0.4, -0.2) is 43.6 Å². The van der Waals surface area contributed by atoms with Crippen molar-refractivity contribution in [3.8, 4) is 5.75 Å². The fourth-order valence-corrected chi connectivity index (χ4v) is 2.83. The van der Waals surface area contributed by atoms with Gasteiger partial charge in [0, 0.05) is 13.1 Å². The zero-order chi connectivity index (χ0) is 24.1. The molecule has 32 heavy (non-hydrogen) atoms. The van der Waals surface area contributed by atoms with Crippen LogP contribution in [0.15, 0.2) is 46.6 Å². The second-order valence-electron chi connectivity index (χ2n) is 5.90. The number of methoxy groups -OCH3 is 1. The number of fused-ring (bicyclic) bond motifs is 1. The Bertz CT molecular complexity index is 917. The molecule has 1 atom stereocenters. The van der Waals surface area contributed by atoms with E-state index in [0.717, 1.165) is 5.56 Å². The summed E-state index contributed by atoms with van der Waals surface area (Å²) < 4.78 is 24.2. The summed E-state index contributed by atoms with van der Waals surface area (Å²) in [5.41, 5.74) is 2.48. The molecule has 0 fully saturated rings. The van der Waals surface area contributed by atoms with Crippen LogP contribution in [0.25, 0.3) is 0 Å². The summed E-state index contributed by atoms with van der Waals surface area (Å²) in [6, 6.07) is 9.52. The van der Waals surface area contributed by atoms with Gasteiger partial charge in [0.2, 0.25) is 5.90 Å². The lowest BCUT2D eigenvalue weighted by atomic mass is 10.1. The van der Waals surface area contributed by atoms with Crippen LogP contribution in [0.2, 0.25) is 0 Å². The zero-order valence-corrected chi connectivity index (χ0v) is 19.1. The highest BCUT2D eigenvalue weighted by atomic mass is 19.1. The van der Waals surface area contributed by atoms with Gasteiger partial charge in [0.25, 0.3) is 0 Å². The number of carboxylic acid groups (broad SMARTS) is 1. The van der Waals surface area contributed by atoms with Gasteiger partial charge in [-0.2, -0.15) is 5.10 Å². The molecule has 3 N–H and O–H groups in total. The van der Waals surface area contributed by atoms with E-state index in [0.29, 0.717) is 29.1 Å². The predicted molar refractivity (Wildman–Crippen MR) is 127 cm³/mol. The van der Waals surface area contributed by atoms with Gasteiger partial charge >= 0.3 is 5.97 Å². The number of nitrogens with zero attached hydrogens (tertiary/aromatic N) is 2. The normalized spacial score (nSPS) is 13.7. The van der Waals surface area contributed by atoms with Crippen molar-refractivity contribution in [1.82, 2.24) is 0 Å². The van der Waals surface area contributed by atoms with Crippen molar-refractivity contribution >= 4 is 30.0 Å². The summed E-state index contributed by atoms with van der Waals surface area (Å²) in [4.78, 5) is 11.2. The van der Waals surface area contributed by atoms with Crippen LogP contribution in [-0.2, 0) is 16.0 Å². The SMILES string of the molecule is C=N/N=C(\OCCc1ccc(F)cc1)c1ccc2c(c1OC)NC(C(=O)O)N2.CC.CC. The largest absolute Gasteiger partial charge is 0.494 e. The third kappa shape index (κ3) is 6.69. The maximum absolute atomic E-state index is 13.0. The maximum atomic E-state index is 13.0. The molecule has 0 radical (unpaired) electrons. The molecule has 0 aromatic heterocycles. The summed E-state index contributed by atoms with van der Waals surface area (Å²) in [7, 11) is 1.46. The Hall–Kier alpha value is -3.62. The summed E-state index contributed by atoms with van der Waals surface area (Å²) in [6.45, 7) is 11.6. The van der Waals surface area contributed by atoms with Crippen molar-refractivity contribution in [3.63, 3.8) is 0 Å². The number of halogens is 1. The van der Waals surface area contributed by atoms with Crippen molar-refractivity contribution in [2.75, 3.05) is 24.4 Å². The van der Waals surface area contributed by atoms with E-state index in [1.807, 2.05) is 27.7 Å². The van der Waals surface area contributed by atoms with Gasteiger partial charge in [0.1, 0.15) is 11.5 Å². The first-order valence-corrected chi connectivity index (χ1v) is 10.4. The smallest absolute Gasteiger partial charge is 0.347 e. The summed E-state index contributed by atoms with van der Waals surface area (Å²) in [5.74, 6) is -0.793. The van der Waals surface area contributed by atoms with Crippen molar-refractivity contribution in [2.45, 2.75) is 40.3 Å². The molecule has 8 nitrogen and oxygen atoms in total. The monoisotopic (exact) mass is 446 g/mol. The Kier molecular flexibility index (Phi) is 11.3. The van der Waals surface area contributed by atoms with Crippen molar-refractivity contribution < 1.29 is 23.8 Å². The van der Waals surface area contributed by atoms with Crippen LogP contribution in [0.5, 0.6) is 5.75 Å². The number of aliphatic carboxylic acids is 1. The number of benzene rings is 2. The number of hydrogen-bond acceptors (Lipinski definition) is 7. The van der Waals surface area contributed by atoms with Gasteiger partial charge in [-0.3, -0.25) is 0 Å². The van der Waals surface area contributed by atoms with Gasteiger partial charge in [-0.1, -0.05) is 39.8 Å². The summed E-state index contributed by atoms with van der Waals surface area (Å²) >= 11 is 0. The summed E-state index contributed by atoms with van der Waals surface area (Å²) in [5, 5.41) is 22.4. The number of anilines is 2. The van der Waals surface area contributed by atoms with E-state index in [1.54, 1.807) is 24.3 Å². The molecule has 3 rings (SSSR count). The molecular formula is C23H31FN4O4. The fraction of sp³-hybridized carbons (Fsp3) is 0.348. The molecule has 2 aromatic carbocycles. The van der Waals surface area contributed by atoms with E-state index in [-0.39, 0.29) is 18.3 Å². The molecule has 174 valence electrons. The van der Waals surface area contributed by atoms with E-state index in [1.165, 1.54) is 19.2 Å². The first-order chi connectivity index (χ1) is 15.5. The lowest BCUT2D eigenvalue weighted by Crippen LogP contribution is -2.31. The van der Waals surface area contributed by atoms with E-state index in [4.69, 9.17) is 9.47 Å². The number of nitrogens with one attached hydrogen (secondary N) is 2. The predicted octanol–water partition coefficient (Wildman–Crippen LogP) is 4.76. The third-order valence-corrected chi connectivity index (χ3v) is 4.13. The average molecular weight is 447 g/mol. The topological polar surface area (TPSA) is 105 Å². The highest BCUT2D eigenvalue weighted by Gasteiger charge is 2.30. The molecule has 0 bridgehead atoms. The quantitative estimate of drug-likeness (QED) is 0.322. The molecule has 1 aliphatic heterocycles. The maximum Gasteiger partial charge on any atom is 0.347 e. The average Bonchev–Trinajstić information content (AvgIpc) is 3.27. The molecule has 0 spiro atoms. The van der Waals surface area contributed by atoms with Gasteiger partial charge in [0.05, 0.1) is 25.0 Å². The second kappa shape index (κ2) is 13.6. The van der Waals surface area contributed by atoms with Crippen molar-refractivity contribution in [2.24, 2.45) is 10.2 Å². The molecule has 1 unspecified atom stereocenters. The first-order valence-electron chi connectivity index (χ1n) is 10.4. The van der Waals surface area contributed by atoms with Crippen molar-refractivity contribution in [3.05, 3.63) is 53.3 Å². The Balaban J connectivity index is 0.00000121. The van der Waals surface area contributed by atoms with Crippen LogP contribution in [0.3, 0.4) is 0 Å². The van der Waals surface area contributed by atoms with Gasteiger partial charge in [-0.15, -0.1) is 5.10 Å². The van der Waals surface area contributed by atoms with Crippen LogP contribution in [0.4, 0.5) is 15.8 Å². The zero-order valence-electron chi connectivity index (χ0n) is 19.1. The molecule has 1 aliphatic rings. The molecule has 1 heterocycles. The standard InChI is InChI=1S/C19H19FN4O4.2C2H6/c1-21-24-18(28-10-9-11-3-5-12(20)6-4-11)13-7-8-14-15(16(13)27-2)23-17(22-14)19(25)26;2*1-2/h3-8,17,22-23H,1,9-10H2,2H3,(H,25,26);2*1-2H3/b24-18-;;. The van der Waals surface area contributed by atoms with Gasteiger partial charge < -0.3 is 25.2 Å². The molecule has 2 aromatic rings. The lowest BCUT2D eigenvalue weighted by molar-refractivity contribution is -0.137. The van der Waals surface area contributed by atoms with Gasteiger partial charge in [-0.25, -0.2) is 9.18 Å². The van der Waals surface area contributed by atoms with E-state index >= 15 is 0 Å². The molecule has 0 aliphatic carbocycles. The third-order valence-electron chi connectivity index (χ3n) is 4.13. The van der Waals surface area contributed by atoms with Crippen LogP contribution in [0, 0.1) is 5.82 Å². The number of hydrogen-bond donors (Lipinski definition) is 3. The highest BCUT2D eigenvalue weighted by Crippen LogP contribution is 2.40. The minimum absolute atomic E-state index is 0.178. The summed E-state index contributed by atoms with van der Waals surface area (Å²) in [6.07, 6.45) is -0.429. The molecule has 9 heteroatoms. The lowest BCUT2D eigenvalue weighted by Gasteiger charge is -2.14. The van der Waals surface area contributed by atoms with E-state index in [2.05, 4.69) is 27.6 Å². The molecule has 0 saturated carbocycles. The minimum atomic E-state index is -1.04. The molecule has 0 saturated heterocycles. The number of carbonyl (C=O) groups is 1.